The smallest absolute Gasteiger partial charge is 0.255 e. The van der Waals surface area contributed by atoms with Gasteiger partial charge in [0.05, 0.1) is 17.8 Å². The van der Waals surface area contributed by atoms with Crippen molar-refractivity contribution in [3.8, 4) is 5.75 Å². The molecule has 0 atom stereocenters. The molecule has 4 nitrogen and oxygen atoms in total. The molecule has 2 aromatic rings. The first-order chi connectivity index (χ1) is 9.51. The number of hydrogen-bond donors (Lipinski definition) is 2. The van der Waals surface area contributed by atoms with E-state index < -0.39 is 11.7 Å². The average Bonchev–Trinajstić information content (AvgIpc) is 2.43. The van der Waals surface area contributed by atoms with Crippen LogP contribution in [0.2, 0.25) is 5.02 Å². The molecule has 20 heavy (non-hydrogen) atoms. The van der Waals surface area contributed by atoms with E-state index in [0.29, 0.717) is 16.4 Å². The molecule has 0 fully saturated rings. The van der Waals surface area contributed by atoms with Gasteiger partial charge in [-0.1, -0.05) is 11.6 Å². The maximum Gasteiger partial charge on any atom is 0.255 e. The number of carbonyl (C=O) groups excluding carboxylic acids is 1. The minimum Gasteiger partial charge on any atom is -0.494 e. The molecule has 0 aliphatic carbocycles. The lowest BCUT2D eigenvalue weighted by Crippen LogP contribution is -2.12. The van der Waals surface area contributed by atoms with E-state index in [4.69, 9.17) is 22.1 Å². The van der Waals surface area contributed by atoms with Crippen LogP contribution >= 0.6 is 11.6 Å². The maximum atomic E-state index is 13.3. The fraction of sp³-hybridized carbons (Fsp3) is 0.0714. The first-order valence-electron chi connectivity index (χ1n) is 5.71. The third kappa shape index (κ3) is 3.00. The van der Waals surface area contributed by atoms with Gasteiger partial charge < -0.3 is 15.8 Å². The molecule has 3 N–H and O–H groups in total. The molecule has 0 aromatic heterocycles. The molecule has 0 spiro atoms. The van der Waals surface area contributed by atoms with Gasteiger partial charge in [0.15, 0.2) is 11.6 Å². The second kappa shape index (κ2) is 5.79. The van der Waals surface area contributed by atoms with Crippen LogP contribution < -0.4 is 15.8 Å². The second-order valence-corrected chi connectivity index (χ2v) is 4.45. The van der Waals surface area contributed by atoms with Crippen molar-refractivity contribution in [3.05, 3.63) is 52.8 Å². The van der Waals surface area contributed by atoms with E-state index in [1.165, 1.54) is 19.2 Å². The Labute approximate surface area is 120 Å². The predicted octanol–water partition coefficient (Wildman–Crippen LogP) is 3.32. The highest BCUT2D eigenvalue weighted by Crippen LogP contribution is 2.25. The van der Waals surface area contributed by atoms with E-state index >= 15 is 0 Å². The van der Waals surface area contributed by atoms with Crippen LogP contribution in [-0.4, -0.2) is 13.0 Å². The van der Waals surface area contributed by atoms with Crippen LogP contribution in [0.15, 0.2) is 36.4 Å². The zero-order valence-corrected chi connectivity index (χ0v) is 11.4. The quantitative estimate of drug-likeness (QED) is 0.854. The minimum atomic E-state index is -0.536. The molecule has 0 heterocycles. The van der Waals surface area contributed by atoms with Crippen molar-refractivity contribution in [3.63, 3.8) is 0 Å². The van der Waals surface area contributed by atoms with E-state index in [2.05, 4.69) is 5.32 Å². The number of nitrogens with one attached hydrogen (secondary N) is 1. The topological polar surface area (TPSA) is 64.3 Å². The van der Waals surface area contributed by atoms with Gasteiger partial charge >= 0.3 is 0 Å². The molecule has 104 valence electrons. The van der Waals surface area contributed by atoms with Crippen molar-refractivity contribution >= 4 is 28.9 Å². The van der Waals surface area contributed by atoms with Gasteiger partial charge in [-0.25, -0.2) is 4.39 Å². The van der Waals surface area contributed by atoms with E-state index in [1.807, 2.05) is 0 Å². The number of methoxy groups -OCH3 is 1. The molecule has 2 aromatic carbocycles. The first-order valence-corrected chi connectivity index (χ1v) is 6.09. The molecule has 0 aliphatic rings. The van der Waals surface area contributed by atoms with Gasteiger partial charge in [0, 0.05) is 11.3 Å². The third-order valence-corrected chi connectivity index (χ3v) is 2.98. The van der Waals surface area contributed by atoms with Gasteiger partial charge in [0.2, 0.25) is 0 Å². The predicted molar refractivity (Wildman–Crippen MR) is 76.8 cm³/mol. The normalized spacial score (nSPS) is 10.2. The van der Waals surface area contributed by atoms with Crippen LogP contribution in [-0.2, 0) is 0 Å². The Hall–Kier alpha value is -2.27. The number of halogens is 2. The van der Waals surface area contributed by atoms with E-state index in [9.17, 15) is 9.18 Å². The lowest BCUT2D eigenvalue weighted by Gasteiger charge is -2.09. The minimum absolute atomic E-state index is 0.00341. The largest absolute Gasteiger partial charge is 0.494 e. The summed E-state index contributed by atoms with van der Waals surface area (Å²) in [5, 5.41) is 2.97. The van der Waals surface area contributed by atoms with E-state index in [1.54, 1.807) is 18.2 Å². The van der Waals surface area contributed by atoms with Crippen molar-refractivity contribution in [2.75, 3.05) is 18.2 Å². The Kier molecular flexibility index (Phi) is 4.10. The molecule has 0 radical (unpaired) electrons. The van der Waals surface area contributed by atoms with Crippen LogP contribution in [0.4, 0.5) is 15.8 Å². The summed E-state index contributed by atoms with van der Waals surface area (Å²) in [7, 11) is 1.33. The molecule has 0 saturated heterocycles. The van der Waals surface area contributed by atoms with Gasteiger partial charge in [0.25, 0.3) is 5.91 Å². The summed E-state index contributed by atoms with van der Waals surface area (Å²) in [6.07, 6.45) is 0. The number of anilines is 2. The van der Waals surface area contributed by atoms with E-state index in [0.717, 1.165) is 6.07 Å². The van der Waals surface area contributed by atoms with Crippen molar-refractivity contribution in [2.24, 2.45) is 0 Å². The Morgan fingerprint density at radius 1 is 1.30 bits per heavy atom. The van der Waals surface area contributed by atoms with Crippen LogP contribution in [0.25, 0.3) is 0 Å². The number of carbonyl (C=O) groups is 1. The number of amides is 1. The number of hydrogen-bond acceptors (Lipinski definition) is 3. The highest BCUT2D eigenvalue weighted by Gasteiger charge is 2.12. The van der Waals surface area contributed by atoms with Crippen LogP contribution in [0.1, 0.15) is 10.4 Å². The summed E-state index contributed by atoms with van der Waals surface area (Å²) in [4.78, 5) is 12.1. The number of nitrogen functional groups attached to an aromatic ring is 1. The molecule has 2 rings (SSSR count). The monoisotopic (exact) mass is 294 g/mol. The summed E-state index contributed by atoms with van der Waals surface area (Å²) in [5.74, 6) is -0.974. The van der Waals surface area contributed by atoms with Crippen molar-refractivity contribution < 1.29 is 13.9 Å². The number of nitrogens with two attached hydrogens (primary N) is 1. The second-order valence-electron chi connectivity index (χ2n) is 4.04. The van der Waals surface area contributed by atoms with Crippen LogP contribution in [0.5, 0.6) is 5.75 Å². The fourth-order valence-electron chi connectivity index (χ4n) is 1.63. The zero-order valence-electron chi connectivity index (χ0n) is 10.6. The molecular weight excluding hydrogens is 283 g/mol. The highest BCUT2D eigenvalue weighted by molar-refractivity contribution is 6.34. The third-order valence-electron chi connectivity index (χ3n) is 2.65. The first kappa shape index (κ1) is 14.1. The summed E-state index contributed by atoms with van der Waals surface area (Å²) in [6.45, 7) is 0. The molecule has 0 saturated carbocycles. The number of rotatable bonds is 3. The maximum absolute atomic E-state index is 13.3. The SMILES string of the molecule is COc1cc(C(=O)Nc2cc(N)ccc2Cl)ccc1F. The zero-order chi connectivity index (χ0) is 14.7. The Morgan fingerprint density at radius 3 is 2.75 bits per heavy atom. The molecule has 1 amide bonds. The molecule has 0 aliphatic heterocycles. The van der Waals surface area contributed by atoms with Gasteiger partial charge in [-0.3, -0.25) is 4.79 Å². The van der Waals surface area contributed by atoms with Gasteiger partial charge in [-0.15, -0.1) is 0 Å². The summed E-state index contributed by atoms with van der Waals surface area (Å²) >= 11 is 5.96. The van der Waals surface area contributed by atoms with Crippen LogP contribution in [0, 0.1) is 5.82 Å². The Balaban J connectivity index is 2.26. The fourth-order valence-corrected chi connectivity index (χ4v) is 1.80. The summed E-state index contributed by atoms with van der Waals surface area (Å²) in [5.41, 5.74) is 6.74. The average molecular weight is 295 g/mol. The van der Waals surface area contributed by atoms with Gasteiger partial charge in [-0.2, -0.15) is 0 Å². The van der Waals surface area contributed by atoms with Crippen molar-refractivity contribution in [1.82, 2.24) is 0 Å². The molecule has 0 unspecified atom stereocenters. The summed E-state index contributed by atoms with van der Waals surface area (Å²) in [6, 6.07) is 8.57. The molecular formula is C14H12ClFN2O2. The molecule has 0 bridgehead atoms. The van der Waals surface area contributed by atoms with Crippen LogP contribution in [0.3, 0.4) is 0 Å². The Morgan fingerprint density at radius 2 is 2.05 bits per heavy atom. The molecule has 6 heteroatoms. The van der Waals surface area contributed by atoms with Gasteiger partial charge in [0.1, 0.15) is 0 Å². The van der Waals surface area contributed by atoms with Gasteiger partial charge in [-0.05, 0) is 36.4 Å². The lowest BCUT2D eigenvalue weighted by atomic mass is 10.2. The van der Waals surface area contributed by atoms with Crippen molar-refractivity contribution in [2.45, 2.75) is 0 Å². The summed E-state index contributed by atoms with van der Waals surface area (Å²) < 4.78 is 18.1. The van der Waals surface area contributed by atoms with E-state index in [-0.39, 0.29) is 11.3 Å². The Bertz CT molecular complexity index is 662. The number of benzene rings is 2. The lowest BCUT2D eigenvalue weighted by molar-refractivity contribution is 0.102. The number of ether oxygens (including phenoxy) is 1. The highest BCUT2D eigenvalue weighted by atomic mass is 35.5. The standard InChI is InChI=1S/C14H12ClFN2O2/c1-20-13-6-8(2-5-11(13)16)14(19)18-12-7-9(17)3-4-10(12)15/h2-7H,17H2,1H3,(H,18,19). The van der Waals surface area contributed by atoms with Crippen molar-refractivity contribution in [1.29, 1.82) is 0 Å².